The lowest BCUT2D eigenvalue weighted by Crippen LogP contribution is -2.26. The fourth-order valence-corrected chi connectivity index (χ4v) is 3.91. The van der Waals surface area contributed by atoms with Gasteiger partial charge in [-0.05, 0) is 19.1 Å². The first-order valence-corrected chi connectivity index (χ1v) is 9.77. The van der Waals surface area contributed by atoms with Crippen LogP contribution in [0.4, 0.5) is 5.13 Å². The molecule has 1 N–H and O–H groups in total. The van der Waals surface area contributed by atoms with E-state index in [0.29, 0.717) is 27.3 Å². The molecule has 138 valence electrons. The first-order valence-electron chi connectivity index (χ1n) is 7.38. The summed E-state index contributed by atoms with van der Waals surface area (Å²) in [6, 6.07) is 5.13. The summed E-state index contributed by atoms with van der Waals surface area (Å²) in [7, 11) is 0. The Kier molecular flexibility index (Phi) is 5.43. The molecule has 10 heteroatoms. The highest BCUT2D eigenvalue weighted by molar-refractivity contribution is 7.14. The molecule has 0 saturated heterocycles. The number of anilines is 1. The molecule has 0 radical (unpaired) electrons. The normalized spacial score (nSPS) is 20.5. The zero-order valence-corrected chi connectivity index (χ0v) is 17.2. The summed E-state index contributed by atoms with van der Waals surface area (Å²) in [5, 5.41) is 5.57. The molecule has 1 aromatic heterocycles. The summed E-state index contributed by atoms with van der Waals surface area (Å²) in [6.07, 6.45) is 0.295. The number of hydrogen-bond donors (Lipinski definition) is 1. The molecule has 0 aliphatic heterocycles. The molecule has 2 aromatic rings. The van der Waals surface area contributed by atoms with E-state index in [4.69, 9.17) is 51.1 Å². The summed E-state index contributed by atoms with van der Waals surface area (Å²) in [4.78, 5) is 28.2. The van der Waals surface area contributed by atoms with Crippen LogP contribution in [0.3, 0.4) is 0 Å². The van der Waals surface area contributed by atoms with E-state index >= 15 is 0 Å². The predicted octanol–water partition coefficient (Wildman–Crippen LogP) is 5.18. The number of nitrogens with zero attached hydrogens (tertiary/aromatic N) is 1. The van der Waals surface area contributed by atoms with Crippen molar-refractivity contribution in [1.29, 1.82) is 0 Å². The number of rotatable bonds is 5. The third-order valence-electron chi connectivity index (χ3n) is 4.01. The van der Waals surface area contributed by atoms with Gasteiger partial charge in [0.05, 0.1) is 15.7 Å². The van der Waals surface area contributed by atoms with Crippen molar-refractivity contribution in [2.45, 2.75) is 17.7 Å². The van der Waals surface area contributed by atoms with Crippen molar-refractivity contribution in [3.63, 3.8) is 0 Å². The minimum absolute atomic E-state index is 0.295. The van der Waals surface area contributed by atoms with E-state index in [1.54, 1.807) is 30.5 Å². The van der Waals surface area contributed by atoms with Gasteiger partial charge in [0.15, 0.2) is 11.7 Å². The molecule has 1 atom stereocenters. The third-order valence-corrected chi connectivity index (χ3v) is 6.61. The number of ether oxygens (including phenoxy) is 1. The maximum absolute atomic E-state index is 11.9. The van der Waals surface area contributed by atoms with Gasteiger partial charge >= 0.3 is 5.97 Å². The van der Waals surface area contributed by atoms with Crippen LogP contribution in [0.1, 0.15) is 13.3 Å². The molecule has 0 bridgehead atoms. The van der Waals surface area contributed by atoms with E-state index in [0.717, 1.165) is 5.56 Å². The number of hydrogen-bond acceptors (Lipinski definition) is 5. The summed E-state index contributed by atoms with van der Waals surface area (Å²) < 4.78 is 3.85. The van der Waals surface area contributed by atoms with Gasteiger partial charge in [0, 0.05) is 17.4 Å². The zero-order valence-electron chi connectivity index (χ0n) is 13.3. The maximum Gasteiger partial charge on any atom is 0.315 e. The van der Waals surface area contributed by atoms with Gasteiger partial charge in [0.25, 0.3) is 5.91 Å². The van der Waals surface area contributed by atoms with Crippen molar-refractivity contribution in [2.24, 2.45) is 5.41 Å². The number of halogens is 4. The van der Waals surface area contributed by atoms with E-state index in [-0.39, 0.29) is 0 Å². The van der Waals surface area contributed by atoms with E-state index in [1.807, 2.05) is 0 Å². The highest BCUT2D eigenvalue weighted by Gasteiger charge is 2.69. The predicted molar refractivity (Wildman–Crippen MR) is 104 cm³/mol. The van der Waals surface area contributed by atoms with Crippen molar-refractivity contribution in [1.82, 2.24) is 4.98 Å². The fraction of sp³-hybridized carbons (Fsp3) is 0.312. The number of carbonyl (C=O) groups is 2. The Hall–Kier alpha value is -1.05. The van der Waals surface area contributed by atoms with E-state index in [2.05, 4.69) is 10.3 Å². The second-order valence-corrected chi connectivity index (χ2v) is 9.16. The van der Waals surface area contributed by atoms with Gasteiger partial charge in [-0.3, -0.25) is 14.9 Å². The van der Waals surface area contributed by atoms with E-state index in [1.165, 1.54) is 11.3 Å². The smallest absolute Gasteiger partial charge is 0.315 e. The average Bonchev–Trinajstić information content (AvgIpc) is 2.91. The molecular weight excluding hydrogens is 442 g/mol. The molecule has 1 amide bonds. The maximum atomic E-state index is 11.9. The Labute approximate surface area is 173 Å². The van der Waals surface area contributed by atoms with Crippen LogP contribution < -0.4 is 5.32 Å². The number of carbonyl (C=O) groups excluding carboxylic acids is 2. The Morgan fingerprint density at radius 3 is 2.62 bits per heavy atom. The van der Waals surface area contributed by atoms with Crippen LogP contribution in [-0.4, -0.2) is 27.8 Å². The zero-order chi connectivity index (χ0) is 19.1. The molecule has 1 fully saturated rings. The van der Waals surface area contributed by atoms with Gasteiger partial charge in [0.1, 0.15) is 9.75 Å². The average molecular weight is 454 g/mol. The standard InChI is InChI=1S/C16H12Cl4N2O3S/c1-15(7-16(15,19)20)13(24)25-5-12(23)22-14-21-11(6-26-14)8-2-3-9(17)10(18)4-8/h2-4,6H,5,7H2,1H3,(H,21,22,23). The number of thiazole rings is 1. The molecule has 5 nitrogen and oxygen atoms in total. The second kappa shape index (κ2) is 7.17. The SMILES string of the molecule is CC1(C(=O)OCC(=O)Nc2nc(-c3ccc(Cl)c(Cl)c3)cs2)CC1(Cl)Cl. The Morgan fingerprint density at radius 2 is 2.00 bits per heavy atom. The van der Waals surface area contributed by atoms with Crippen LogP contribution >= 0.6 is 57.7 Å². The monoisotopic (exact) mass is 452 g/mol. The molecule has 3 rings (SSSR count). The molecule has 1 heterocycles. The first-order chi connectivity index (χ1) is 12.1. The molecule has 1 aromatic carbocycles. The van der Waals surface area contributed by atoms with Crippen molar-refractivity contribution in [2.75, 3.05) is 11.9 Å². The minimum Gasteiger partial charge on any atom is -0.455 e. The summed E-state index contributed by atoms with van der Waals surface area (Å²) in [5.74, 6) is -1.11. The lowest BCUT2D eigenvalue weighted by molar-refractivity contribution is -0.152. The molecule has 0 spiro atoms. The molecule has 1 aliphatic rings. The highest BCUT2D eigenvalue weighted by Crippen LogP contribution is 2.64. The molecule has 1 saturated carbocycles. The van der Waals surface area contributed by atoms with Crippen molar-refractivity contribution in [3.8, 4) is 11.3 Å². The van der Waals surface area contributed by atoms with Crippen LogP contribution in [0.5, 0.6) is 0 Å². The Balaban J connectivity index is 1.56. The van der Waals surface area contributed by atoms with Gasteiger partial charge in [-0.15, -0.1) is 34.5 Å². The van der Waals surface area contributed by atoms with Crippen LogP contribution in [-0.2, 0) is 14.3 Å². The summed E-state index contributed by atoms with van der Waals surface area (Å²) >= 11 is 24.9. The van der Waals surface area contributed by atoms with E-state index in [9.17, 15) is 9.59 Å². The second-order valence-electron chi connectivity index (χ2n) is 6.00. The third kappa shape index (κ3) is 3.94. The Morgan fingerprint density at radius 1 is 1.31 bits per heavy atom. The van der Waals surface area contributed by atoms with Crippen molar-refractivity contribution in [3.05, 3.63) is 33.6 Å². The number of benzene rings is 1. The number of alkyl halides is 2. The molecule has 1 aliphatic carbocycles. The van der Waals surface area contributed by atoms with Gasteiger partial charge < -0.3 is 4.74 Å². The van der Waals surface area contributed by atoms with Crippen LogP contribution in [0.25, 0.3) is 11.3 Å². The number of nitrogens with one attached hydrogen (secondary N) is 1. The number of aromatic nitrogens is 1. The van der Waals surface area contributed by atoms with Gasteiger partial charge in [-0.25, -0.2) is 4.98 Å². The molecular formula is C16H12Cl4N2O3S. The Bertz CT molecular complexity index is 886. The largest absolute Gasteiger partial charge is 0.455 e. The summed E-state index contributed by atoms with van der Waals surface area (Å²) in [5.41, 5.74) is 0.434. The van der Waals surface area contributed by atoms with Crippen LogP contribution in [0.15, 0.2) is 23.6 Å². The highest BCUT2D eigenvalue weighted by atomic mass is 35.5. The van der Waals surface area contributed by atoms with Gasteiger partial charge in [-0.1, -0.05) is 29.3 Å². The minimum atomic E-state index is -1.13. The lowest BCUT2D eigenvalue weighted by Gasteiger charge is -2.11. The van der Waals surface area contributed by atoms with Gasteiger partial charge in [-0.2, -0.15) is 0 Å². The van der Waals surface area contributed by atoms with Crippen LogP contribution in [0.2, 0.25) is 10.0 Å². The quantitative estimate of drug-likeness (QED) is 0.500. The first kappa shape index (κ1) is 19.7. The van der Waals surface area contributed by atoms with Crippen LogP contribution in [0, 0.1) is 5.41 Å². The molecule has 1 unspecified atom stereocenters. The number of amides is 1. The topological polar surface area (TPSA) is 68.3 Å². The van der Waals surface area contributed by atoms with Crippen molar-refractivity contribution >= 4 is 74.7 Å². The van der Waals surface area contributed by atoms with E-state index < -0.39 is 28.2 Å². The molecule has 26 heavy (non-hydrogen) atoms. The van der Waals surface area contributed by atoms with Crippen molar-refractivity contribution < 1.29 is 14.3 Å². The fourth-order valence-electron chi connectivity index (χ4n) is 2.19. The lowest BCUT2D eigenvalue weighted by atomic mass is 10.1. The number of esters is 1. The van der Waals surface area contributed by atoms with Gasteiger partial charge in [0.2, 0.25) is 0 Å². The summed E-state index contributed by atoms with van der Waals surface area (Å²) in [6.45, 7) is 1.15.